The smallest absolute Gasteiger partial charge is 0.306 e. The SMILES string of the molecule is Cc1cc(-n2c(C(C)(C)CC#N)c([C@H](F)CC(=O)O)c3c(F)c4[nH]ncc4cc32)ccc1F. The van der Waals surface area contributed by atoms with E-state index in [9.17, 15) is 19.6 Å². The third kappa shape index (κ3) is 3.61. The fourth-order valence-corrected chi connectivity index (χ4v) is 4.37. The maximum Gasteiger partial charge on any atom is 0.306 e. The van der Waals surface area contributed by atoms with Crippen molar-refractivity contribution in [3.63, 3.8) is 0 Å². The van der Waals surface area contributed by atoms with Crippen molar-refractivity contribution >= 4 is 27.8 Å². The number of aliphatic carboxylic acids is 1. The van der Waals surface area contributed by atoms with Crippen molar-refractivity contribution in [2.75, 3.05) is 0 Å². The Labute approximate surface area is 187 Å². The van der Waals surface area contributed by atoms with E-state index in [2.05, 4.69) is 16.3 Å². The summed E-state index contributed by atoms with van der Waals surface area (Å²) in [7, 11) is 0. The van der Waals surface area contributed by atoms with Gasteiger partial charge in [0.15, 0.2) is 5.82 Å². The number of halogens is 3. The molecule has 0 radical (unpaired) electrons. The van der Waals surface area contributed by atoms with Crippen LogP contribution >= 0.6 is 0 Å². The number of carboxylic acids is 1. The summed E-state index contributed by atoms with van der Waals surface area (Å²) in [6.45, 7) is 4.99. The van der Waals surface area contributed by atoms with Gasteiger partial charge in [0.1, 0.15) is 17.5 Å². The summed E-state index contributed by atoms with van der Waals surface area (Å²) in [5, 5.41) is 25.5. The minimum atomic E-state index is -2.05. The zero-order valence-electron chi connectivity index (χ0n) is 18.2. The van der Waals surface area contributed by atoms with E-state index in [1.165, 1.54) is 18.3 Å². The molecule has 2 aromatic heterocycles. The van der Waals surface area contributed by atoms with Crippen LogP contribution < -0.4 is 0 Å². The van der Waals surface area contributed by atoms with Crippen molar-refractivity contribution in [3.8, 4) is 11.8 Å². The molecule has 0 aliphatic carbocycles. The predicted molar refractivity (Wildman–Crippen MR) is 117 cm³/mol. The van der Waals surface area contributed by atoms with Gasteiger partial charge in [0.2, 0.25) is 0 Å². The Morgan fingerprint density at radius 2 is 2.06 bits per heavy atom. The molecule has 4 rings (SSSR count). The van der Waals surface area contributed by atoms with E-state index in [-0.39, 0.29) is 34.1 Å². The zero-order valence-corrected chi connectivity index (χ0v) is 18.2. The number of aromatic nitrogens is 3. The first-order valence-electron chi connectivity index (χ1n) is 10.3. The second kappa shape index (κ2) is 7.96. The average molecular weight is 454 g/mol. The summed E-state index contributed by atoms with van der Waals surface area (Å²) in [5.41, 5.74) is 0.233. The van der Waals surface area contributed by atoms with Gasteiger partial charge in [0, 0.05) is 39.6 Å². The topological polar surface area (TPSA) is 94.7 Å². The maximum absolute atomic E-state index is 15.8. The van der Waals surface area contributed by atoms with Gasteiger partial charge in [-0.25, -0.2) is 13.2 Å². The average Bonchev–Trinajstić information content (AvgIpc) is 3.33. The molecule has 0 fully saturated rings. The van der Waals surface area contributed by atoms with Crippen molar-refractivity contribution in [1.29, 1.82) is 5.26 Å². The molecule has 170 valence electrons. The summed E-state index contributed by atoms with van der Waals surface area (Å²) >= 11 is 0. The van der Waals surface area contributed by atoms with Crippen LogP contribution in [0.5, 0.6) is 0 Å². The first kappa shape index (κ1) is 22.4. The van der Waals surface area contributed by atoms with Gasteiger partial charge in [-0.3, -0.25) is 9.89 Å². The van der Waals surface area contributed by atoms with Crippen LogP contribution in [0, 0.1) is 29.9 Å². The van der Waals surface area contributed by atoms with Gasteiger partial charge in [-0.2, -0.15) is 10.4 Å². The van der Waals surface area contributed by atoms with Crippen molar-refractivity contribution in [2.24, 2.45) is 0 Å². The Morgan fingerprint density at radius 1 is 1.33 bits per heavy atom. The maximum atomic E-state index is 15.8. The number of carboxylic acid groups (broad SMARTS) is 1. The molecule has 0 unspecified atom stereocenters. The lowest BCUT2D eigenvalue weighted by Gasteiger charge is -2.27. The lowest BCUT2D eigenvalue weighted by atomic mass is 9.82. The van der Waals surface area contributed by atoms with Gasteiger partial charge in [-0.1, -0.05) is 13.8 Å². The molecule has 0 saturated heterocycles. The van der Waals surface area contributed by atoms with Crippen molar-refractivity contribution in [3.05, 3.63) is 58.9 Å². The normalized spacial score (nSPS) is 12.9. The molecule has 6 nitrogen and oxygen atoms in total. The van der Waals surface area contributed by atoms with E-state index < -0.39 is 35.6 Å². The number of hydrogen-bond acceptors (Lipinski definition) is 3. The van der Waals surface area contributed by atoms with Gasteiger partial charge in [-0.15, -0.1) is 0 Å². The van der Waals surface area contributed by atoms with Crippen LogP contribution in [0.4, 0.5) is 13.2 Å². The third-order valence-corrected chi connectivity index (χ3v) is 5.87. The molecule has 0 aliphatic heterocycles. The third-order valence-electron chi connectivity index (χ3n) is 5.87. The molecule has 33 heavy (non-hydrogen) atoms. The van der Waals surface area contributed by atoms with Gasteiger partial charge >= 0.3 is 5.97 Å². The molecule has 0 aliphatic rings. The van der Waals surface area contributed by atoms with Gasteiger partial charge < -0.3 is 9.67 Å². The number of alkyl halides is 1. The molecular formula is C24H21F3N4O2. The Morgan fingerprint density at radius 3 is 2.70 bits per heavy atom. The molecule has 2 aromatic carbocycles. The first-order valence-corrected chi connectivity index (χ1v) is 10.3. The lowest BCUT2D eigenvalue weighted by molar-refractivity contribution is -0.138. The van der Waals surface area contributed by atoms with Crippen molar-refractivity contribution in [1.82, 2.24) is 14.8 Å². The van der Waals surface area contributed by atoms with E-state index >= 15 is 8.78 Å². The molecular weight excluding hydrogens is 433 g/mol. The minimum absolute atomic E-state index is 0.0443. The minimum Gasteiger partial charge on any atom is -0.481 e. The number of nitrogens with zero attached hydrogens (tertiary/aromatic N) is 3. The Kier molecular flexibility index (Phi) is 5.40. The van der Waals surface area contributed by atoms with Crippen LogP contribution in [0.3, 0.4) is 0 Å². The van der Waals surface area contributed by atoms with Crippen molar-refractivity contribution in [2.45, 2.75) is 45.2 Å². The number of nitriles is 1. The highest BCUT2D eigenvalue weighted by Gasteiger charge is 2.36. The lowest BCUT2D eigenvalue weighted by Crippen LogP contribution is -2.23. The first-order chi connectivity index (χ1) is 15.6. The highest BCUT2D eigenvalue weighted by Crippen LogP contribution is 2.45. The largest absolute Gasteiger partial charge is 0.481 e. The molecule has 1 atom stereocenters. The number of aryl methyl sites for hydroxylation is 1. The number of nitrogens with one attached hydrogen (secondary N) is 1. The monoisotopic (exact) mass is 454 g/mol. The number of H-pyrrole nitrogens is 1. The molecule has 0 saturated carbocycles. The van der Waals surface area contributed by atoms with Gasteiger partial charge in [-0.05, 0) is 36.8 Å². The molecule has 0 spiro atoms. The van der Waals surface area contributed by atoms with Crippen LogP contribution in [0.1, 0.15) is 49.7 Å². The van der Waals surface area contributed by atoms with E-state index in [4.69, 9.17) is 0 Å². The molecule has 0 bridgehead atoms. The highest BCUT2D eigenvalue weighted by molar-refractivity contribution is 6.00. The molecule has 4 aromatic rings. The standard InChI is InChI=1S/C24H21F3N4O2/c1-12-8-14(4-5-15(12)25)31-17-9-13-11-29-30-22(13)21(27)20(17)19(16(26)10-18(32)33)23(31)24(2,3)6-7-28/h4-5,8-9,11,16H,6,10H2,1-3H3,(H,29,30)(H,32,33)/t16-/m1/s1. The Balaban J connectivity index is 2.24. The van der Waals surface area contributed by atoms with E-state index in [0.717, 1.165) is 0 Å². The van der Waals surface area contributed by atoms with Crippen LogP contribution in [-0.2, 0) is 10.2 Å². The van der Waals surface area contributed by atoms with E-state index in [1.54, 1.807) is 37.5 Å². The van der Waals surface area contributed by atoms with E-state index in [0.29, 0.717) is 16.6 Å². The number of benzene rings is 2. The quantitative estimate of drug-likeness (QED) is 0.387. The van der Waals surface area contributed by atoms with Crippen LogP contribution in [0.2, 0.25) is 0 Å². The van der Waals surface area contributed by atoms with Crippen LogP contribution in [0.15, 0.2) is 30.5 Å². The van der Waals surface area contributed by atoms with Crippen LogP contribution in [0.25, 0.3) is 27.5 Å². The number of carbonyl (C=O) groups is 1. The Bertz CT molecular complexity index is 1450. The zero-order chi connectivity index (χ0) is 24.1. The number of rotatable bonds is 6. The summed E-state index contributed by atoms with van der Waals surface area (Å²) in [6, 6.07) is 7.99. The molecule has 2 N–H and O–H groups in total. The predicted octanol–water partition coefficient (Wildman–Crippen LogP) is 5.77. The fraction of sp³-hybridized carbons (Fsp3) is 0.292. The second-order valence-corrected chi connectivity index (χ2v) is 8.73. The highest BCUT2D eigenvalue weighted by atomic mass is 19.1. The van der Waals surface area contributed by atoms with Gasteiger partial charge in [0.25, 0.3) is 0 Å². The van der Waals surface area contributed by atoms with Crippen LogP contribution in [-0.4, -0.2) is 25.8 Å². The Hall–Kier alpha value is -3.80. The molecule has 0 amide bonds. The molecule has 2 heterocycles. The summed E-state index contributed by atoms with van der Waals surface area (Å²) in [6.07, 6.45) is -1.54. The number of aromatic amines is 1. The summed E-state index contributed by atoms with van der Waals surface area (Å²) in [5.74, 6) is -2.59. The van der Waals surface area contributed by atoms with E-state index in [1.807, 2.05) is 0 Å². The number of fused-ring (bicyclic) bond motifs is 2. The summed E-state index contributed by atoms with van der Waals surface area (Å²) < 4.78 is 47.0. The molecule has 9 heteroatoms. The fourth-order valence-electron chi connectivity index (χ4n) is 4.37. The second-order valence-electron chi connectivity index (χ2n) is 8.73. The van der Waals surface area contributed by atoms with Crippen molar-refractivity contribution < 1.29 is 23.1 Å². The summed E-state index contributed by atoms with van der Waals surface area (Å²) in [4.78, 5) is 11.4. The van der Waals surface area contributed by atoms with Gasteiger partial charge in [0.05, 0.1) is 24.2 Å². The number of hydrogen-bond donors (Lipinski definition) is 2.